The van der Waals surface area contributed by atoms with E-state index in [1.54, 1.807) is 20.1 Å². The van der Waals surface area contributed by atoms with Gasteiger partial charge in [0.2, 0.25) is 23.6 Å². The van der Waals surface area contributed by atoms with Crippen molar-refractivity contribution in [2.75, 3.05) is 33.2 Å². The second-order valence-corrected chi connectivity index (χ2v) is 12.8. The van der Waals surface area contributed by atoms with Crippen LogP contribution in [0.3, 0.4) is 0 Å². The van der Waals surface area contributed by atoms with E-state index in [0.29, 0.717) is 5.75 Å². The summed E-state index contributed by atoms with van der Waals surface area (Å²) in [4.78, 5) is 88.0. The predicted molar refractivity (Wildman–Crippen MR) is 168 cm³/mol. The first-order chi connectivity index (χ1) is 22.3. The molecule has 20 heteroatoms. The highest BCUT2D eigenvalue weighted by atomic mass is 32.2. The van der Waals surface area contributed by atoms with Crippen LogP contribution in [-0.2, 0) is 42.9 Å². The van der Waals surface area contributed by atoms with E-state index >= 15 is 0 Å². The Hall–Kier alpha value is -3.88. The van der Waals surface area contributed by atoms with Crippen molar-refractivity contribution in [2.24, 2.45) is 17.4 Å². The molecule has 2 aliphatic heterocycles. The Balaban J connectivity index is 2.16. The first kappa shape index (κ1) is 40.3. The number of epoxide rings is 1. The van der Waals surface area contributed by atoms with Crippen LogP contribution in [0.5, 0.6) is 0 Å². The zero-order valence-corrected chi connectivity index (χ0v) is 28.8. The van der Waals surface area contributed by atoms with E-state index in [0.717, 1.165) is 4.90 Å². The summed E-state index contributed by atoms with van der Waals surface area (Å²) in [7, 11) is 3.91. The molecule has 0 aromatic heterocycles. The minimum atomic E-state index is -1.96. The monoisotopic (exact) mass is 705 g/mol. The van der Waals surface area contributed by atoms with Crippen molar-refractivity contribution in [3.8, 4) is 0 Å². The topological polar surface area (TPSA) is 283 Å². The van der Waals surface area contributed by atoms with Gasteiger partial charge in [-0.1, -0.05) is 6.92 Å². The van der Waals surface area contributed by atoms with E-state index in [2.05, 4.69) is 21.3 Å². The zero-order valence-electron chi connectivity index (χ0n) is 28.0. The molecule has 2 rings (SSSR count). The van der Waals surface area contributed by atoms with Gasteiger partial charge in [-0.05, 0) is 32.3 Å². The van der Waals surface area contributed by atoms with Crippen LogP contribution in [0.25, 0.3) is 0 Å². The zero-order chi connectivity index (χ0) is 36.6. The fraction of sp³-hybridized carbons (Fsp3) is 0.750. The number of carbonyl (C=O) groups excluding carboxylic acids is 7. The number of primary amides is 2. The second kappa shape index (κ2) is 17.0. The number of nitrogens with one attached hydrogen (secondary N) is 4. The lowest BCUT2D eigenvalue weighted by atomic mass is 9.86. The van der Waals surface area contributed by atoms with Crippen LogP contribution in [0.15, 0.2) is 0 Å². The van der Waals surface area contributed by atoms with E-state index in [1.165, 1.54) is 39.9 Å². The van der Waals surface area contributed by atoms with Crippen LogP contribution >= 0.6 is 11.8 Å². The molecular weight excluding hydrogens is 658 g/mol. The Morgan fingerprint density at radius 3 is 2.33 bits per heavy atom. The molecule has 9 atom stereocenters. The molecule has 2 heterocycles. The number of amides is 7. The van der Waals surface area contributed by atoms with Gasteiger partial charge in [0.1, 0.15) is 35.9 Å². The van der Waals surface area contributed by atoms with Gasteiger partial charge < -0.3 is 56.4 Å². The number of hydrogen-bond acceptors (Lipinski definition) is 13. The van der Waals surface area contributed by atoms with Crippen molar-refractivity contribution in [1.29, 1.82) is 0 Å². The summed E-state index contributed by atoms with van der Waals surface area (Å²) in [5.41, 5.74) is 9.19. The summed E-state index contributed by atoms with van der Waals surface area (Å²) in [6, 6.07) is -4.63. The number of ether oxygens (including phenoxy) is 4. The van der Waals surface area contributed by atoms with E-state index in [9.17, 15) is 38.7 Å². The van der Waals surface area contributed by atoms with Crippen molar-refractivity contribution >= 4 is 53.5 Å². The Kier molecular flexibility index (Phi) is 14.3. The fourth-order valence-electron chi connectivity index (χ4n) is 5.10. The summed E-state index contributed by atoms with van der Waals surface area (Å²) in [6.07, 6.45) is -2.64. The number of cyclic esters (lactones) is 1. The van der Waals surface area contributed by atoms with Crippen molar-refractivity contribution in [3.63, 3.8) is 0 Å². The van der Waals surface area contributed by atoms with Gasteiger partial charge >= 0.3 is 18.1 Å². The van der Waals surface area contributed by atoms with Crippen LogP contribution in [0, 0.1) is 5.92 Å². The number of urea groups is 1. The molecule has 0 bridgehead atoms. The summed E-state index contributed by atoms with van der Waals surface area (Å²) in [5.74, 6) is -6.09. The molecule has 0 aromatic carbocycles. The van der Waals surface area contributed by atoms with Crippen molar-refractivity contribution in [3.05, 3.63) is 0 Å². The molecule has 0 saturated carbocycles. The Labute approximate surface area is 282 Å². The van der Waals surface area contributed by atoms with E-state index in [4.69, 9.17) is 30.4 Å². The van der Waals surface area contributed by atoms with Crippen LogP contribution in [0.1, 0.15) is 46.5 Å². The number of esters is 1. The van der Waals surface area contributed by atoms with Gasteiger partial charge in [-0.25, -0.2) is 14.4 Å². The van der Waals surface area contributed by atoms with Gasteiger partial charge in [-0.15, -0.1) is 0 Å². The molecule has 2 fully saturated rings. The molecule has 0 spiro atoms. The predicted octanol–water partition coefficient (Wildman–Crippen LogP) is -2.38. The van der Waals surface area contributed by atoms with Crippen molar-refractivity contribution < 1.29 is 57.6 Å². The van der Waals surface area contributed by atoms with Crippen molar-refractivity contribution in [2.45, 2.75) is 94.4 Å². The molecular formula is C28H47N7O12S. The quantitative estimate of drug-likeness (QED) is 0.0446. The molecule has 9 N–H and O–H groups in total. The Bertz CT molecular complexity index is 1240. The standard InChI is InChI=1S/C28H47N7O12S/c1-13(17-12-28(43,44-6)34-26(42)45-17)21-27(3,47-21)18(11-20(37)31-4)46-24(40)14(2)35(5)25(41)33-15(8-9-48-7)23(39)32-16(22(30)38)10-19(29)36/h13-18,21,43H,8-12H2,1-7H3,(H2,29,36)(H2,30,38)(H,31,37)(H,32,39)(H,33,41)(H,34,42)/t13?,14-,15-,16-,17?,18?,21?,27?,28?/m0/s1. The summed E-state index contributed by atoms with van der Waals surface area (Å²) >= 11 is 1.39. The number of carbonyl (C=O) groups is 7. The number of nitrogens with two attached hydrogens (primary N) is 2. The third kappa shape index (κ3) is 10.6. The van der Waals surface area contributed by atoms with Gasteiger partial charge in [0.25, 0.3) is 5.91 Å². The number of hydrogen-bond donors (Lipinski definition) is 7. The van der Waals surface area contributed by atoms with E-state index in [-0.39, 0.29) is 19.3 Å². The molecule has 0 aromatic rings. The molecule has 2 saturated heterocycles. The van der Waals surface area contributed by atoms with Crippen molar-refractivity contribution in [1.82, 2.24) is 26.2 Å². The number of likely N-dealkylation sites (N-methyl/N-ethyl adjacent to an activating group) is 1. The lowest BCUT2D eigenvalue weighted by Gasteiger charge is -2.37. The molecule has 7 amide bonds. The van der Waals surface area contributed by atoms with Gasteiger partial charge in [0.05, 0.1) is 25.4 Å². The highest BCUT2D eigenvalue weighted by Gasteiger charge is 2.64. The number of thioether (sulfide) groups is 1. The molecule has 48 heavy (non-hydrogen) atoms. The maximum Gasteiger partial charge on any atom is 0.411 e. The van der Waals surface area contributed by atoms with Crippen LogP contribution in [-0.4, -0.2) is 133 Å². The maximum atomic E-state index is 13.4. The van der Waals surface area contributed by atoms with E-state index < -0.39 is 102 Å². The maximum absolute atomic E-state index is 13.4. The summed E-state index contributed by atoms with van der Waals surface area (Å²) < 4.78 is 22.0. The molecule has 19 nitrogen and oxygen atoms in total. The smallest absolute Gasteiger partial charge is 0.411 e. The Morgan fingerprint density at radius 1 is 1.15 bits per heavy atom. The third-order valence-electron chi connectivity index (χ3n) is 8.40. The number of rotatable bonds is 18. The first-order valence-electron chi connectivity index (χ1n) is 15.1. The minimum absolute atomic E-state index is 0.130. The lowest BCUT2D eigenvalue weighted by Crippen LogP contribution is -2.59. The molecule has 2 aliphatic rings. The van der Waals surface area contributed by atoms with Gasteiger partial charge in [0.15, 0.2) is 0 Å². The third-order valence-corrected chi connectivity index (χ3v) is 9.05. The molecule has 6 unspecified atom stereocenters. The summed E-state index contributed by atoms with van der Waals surface area (Å²) in [5, 5.41) is 20.0. The lowest BCUT2D eigenvalue weighted by molar-refractivity contribution is -0.237. The highest BCUT2D eigenvalue weighted by Crippen LogP contribution is 2.48. The molecule has 272 valence electrons. The number of nitrogens with zero attached hydrogens (tertiary/aromatic N) is 1. The number of alkyl carbamates (subject to hydrolysis) is 1. The highest BCUT2D eigenvalue weighted by molar-refractivity contribution is 7.98. The Morgan fingerprint density at radius 2 is 1.79 bits per heavy atom. The normalized spacial score (nSPS) is 26.2. The van der Waals surface area contributed by atoms with E-state index in [1.807, 2.05) is 0 Å². The first-order valence-corrected chi connectivity index (χ1v) is 16.5. The van der Waals surface area contributed by atoms with Crippen LogP contribution in [0.2, 0.25) is 0 Å². The summed E-state index contributed by atoms with van der Waals surface area (Å²) in [6.45, 7) is 4.70. The number of methoxy groups -OCH3 is 1. The van der Waals surface area contributed by atoms with Gasteiger partial charge in [-0.2, -0.15) is 11.8 Å². The van der Waals surface area contributed by atoms with Crippen LogP contribution in [0.4, 0.5) is 9.59 Å². The molecule has 0 aliphatic carbocycles. The number of aliphatic hydroxyl groups is 1. The average Bonchev–Trinajstić information content (AvgIpc) is 3.72. The van der Waals surface area contributed by atoms with Gasteiger partial charge in [-0.3, -0.25) is 24.5 Å². The van der Waals surface area contributed by atoms with Crippen LogP contribution < -0.4 is 32.7 Å². The minimum Gasteiger partial charge on any atom is -0.457 e. The molecule has 0 radical (unpaired) electrons. The van der Waals surface area contributed by atoms with Gasteiger partial charge in [0, 0.05) is 27.1 Å². The average molecular weight is 706 g/mol. The largest absolute Gasteiger partial charge is 0.457 e. The fourth-order valence-corrected chi connectivity index (χ4v) is 5.57. The second-order valence-electron chi connectivity index (χ2n) is 11.9. The SMILES string of the molecule is CNC(=O)CC(OC(=O)[C@H](C)N(C)C(=O)N[C@@H](CCSC)C(=O)N[C@@H](CC(N)=O)C(N)=O)C1(C)OC1C(C)C1CC(O)(OC)NC(=O)O1.